The van der Waals surface area contributed by atoms with Gasteiger partial charge < -0.3 is 20.5 Å². The van der Waals surface area contributed by atoms with E-state index in [9.17, 15) is 4.79 Å². The largest absolute Gasteiger partial charge is 0.492 e. The molecule has 1 saturated carbocycles. The predicted molar refractivity (Wildman–Crippen MR) is 92.7 cm³/mol. The summed E-state index contributed by atoms with van der Waals surface area (Å²) in [4.78, 5) is 16.3. The van der Waals surface area contributed by atoms with E-state index in [0.717, 1.165) is 37.9 Å². The molecule has 1 heterocycles. The van der Waals surface area contributed by atoms with Crippen LogP contribution in [0, 0.1) is 5.92 Å². The van der Waals surface area contributed by atoms with E-state index in [-0.39, 0.29) is 24.0 Å². The van der Waals surface area contributed by atoms with Crippen molar-refractivity contribution >= 4 is 5.91 Å². The molecule has 1 amide bonds. The molecule has 0 unspecified atom stereocenters. The predicted octanol–water partition coefficient (Wildman–Crippen LogP) is 1.89. The Labute approximate surface area is 144 Å². The van der Waals surface area contributed by atoms with Crippen molar-refractivity contribution in [3.63, 3.8) is 0 Å². The maximum Gasteiger partial charge on any atom is 0.223 e. The van der Waals surface area contributed by atoms with E-state index in [1.165, 1.54) is 0 Å². The van der Waals surface area contributed by atoms with Gasteiger partial charge in [0, 0.05) is 31.3 Å². The number of hydrogen-bond acceptors (Lipinski definition) is 5. The molecule has 1 aromatic rings. The number of rotatable bonds is 9. The smallest absolute Gasteiger partial charge is 0.223 e. The van der Waals surface area contributed by atoms with Crippen molar-refractivity contribution < 1.29 is 14.3 Å². The number of nitrogens with one attached hydrogen (secondary N) is 1. The first kappa shape index (κ1) is 18.7. The normalized spacial score (nSPS) is 23.7. The Morgan fingerprint density at radius 3 is 3.04 bits per heavy atom. The minimum Gasteiger partial charge on any atom is -0.492 e. The molecule has 0 bridgehead atoms. The summed E-state index contributed by atoms with van der Waals surface area (Å²) >= 11 is 0. The monoisotopic (exact) mass is 335 g/mol. The zero-order chi connectivity index (χ0) is 17.2. The third kappa shape index (κ3) is 6.09. The van der Waals surface area contributed by atoms with Gasteiger partial charge in [0.25, 0.3) is 0 Å². The molecule has 1 aliphatic rings. The van der Waals surface area contributed by atoms with Crippen LogP contribution in [-0.2, 0) is 9.53 Å². The number of aromatic nitrogens is 1. The van der Waals surface area contributed by atoms with Gasteiger partial charge in [0.15, 0.2) is 0 Å². The highest BCUT2D eigenvalue weighted by molar-refractivity contribution is 5.78. The van der Waals surface area contributed by atoms with E-state index in [4.69, 9.17) is 15.2 Å². The maximum atomic E-state index is 12.3. The van der Waals surface area contributed by atoms with E-state index in [2.05, 4.69) is 17.2 Å². The molecule has 0 aromatic carbocycles. The molecule has 1 aromatic heterocycles. The van der Waals surface area contributed by atoms with Gasteiger partial charge in [0.2, 0.25) is 5.91 Å². The molecule has 0 radical (unpaired) electrons. The van der Waals surface area contributed by atoms with Crippen LogP contribution in [0.1, 0.15) is 39.0 Å². The van der Waals surface area contributed by atoms with Crippen molar-refractivity contribution in [2.24, 2.45) is 11.7 Å². The summed E-state index contributed by atoms with van der Waals surface area (Å²) < 4.78 is 11.3. The lowest BCUT2D eigenvalue weighted by molar-refractivity contribution is -0.128. The summed E-state index contributed by atoms with van der Waals surface area (Å²) in [6.07, 6.45) is 7.53. The van der Waals surface area contributed by atoms with Crippen LogP contribution in [0.15, 0.2) is 24.5 Å². The minimum absolute atomic E-state index is 0.00311. The average Bonchev–Trinajstić information content (AvgIpc) is 2.61. The van der Waals surface area contributed by atoms with E-state index in [1.807, 2.05) is 12.1 Å². The summed E-state index contributed by atoms with van der Waals surface area (Å²) in [5.74, 6) is 0.861. The summed E-state index contributed by atoms with van der Waals surface area (Å²) in [5.41, 5.74) is 6.10. The van der Waals surface area contributed by atoms with E-state index in [0.29, 0.717) is 19.8 Å². The molecule has 1 fully saturated rings. The van der Waals surface area contributed by atoms with Crippen molar-refractivity contribution in [3.05, 3.63) is 24.5 Å². The van der Waals surface area contributed by atoms with Crippen molar-refractivity contribution in [1.29, 1.82) is 0 Å². The molecule has 2 rings (SSSR count). The Kier molecular flexibility index (Phi) is 7.98. The number of carbonyl (C=O) groups is 1. The Morgan fingerprint density at radius 2 is 2.29 bits per heavy atom. The molecule has 0 spiro atoms. The van der Waals surface area contributed by atoms with Crippen LogP contribution in [-0.4, -0.2) is 42.8 Å². The van der Waals surface area contributed by atoms with E-state index < -0.39 is 0 Å². The standard InChI is InChI=1S/C18H29N3O3/c1-2-10-24-17-12-14(6-7-16(17)19)18(22)21-9-4-11-23-15-5-3-8-20-13-15/h3,5,8,13-14,16-17H,2,4,6-7,9-12,19H2,1H3,(H,21,22)/t14-,16+,17+/m0/s1. The first-order valence-corrected chi connectivity index (χ1v) is 8.88. The van der Waals surface area contributed by atoms with Gasteiger partial charge in [-0.05, 0) is 44.2 Å². The molecular weight excluding hydrogens is 306 g/mol. The quantitative estimate of drug-likeness (QED) is 0.673. The van der Waals surface area contributed by atoms with Crippen LogP contribution in [0.5, 0.6) is 5.75 Å². The van der Waals surface area contributed by atoms with Crippen LogP contribution in [0.4, 0.5) is 0 Å². The fraction of sp³-hybridized carbons (Fsp3) is 0.667. The Morgan fingerprint density at radius 1 is 1.42 bits per heavy atom. The first-order chi connectivity index (χ1) is 11.7. The lowest BCUT2D eigenvalue weighted by Gasteiger charge is -2.33. The molecular formula is C18H29N3O3. The topological polar surface area (TPSA) is 86.5 Å². The van der Waals surface area contributed by atoms with Crippen LogP contribution >= 0.6 is 0 Å². The summed E-state index contributed by atoms with van der Waals surface area (Å²) in [5, 5.41) is 3.00. The molecule has 3 atom stereocenters. The molecule has 0 aliphatic heterocycles. The van der Waals surface area contributed by atoms with Crippen molar-refractivity contribution in [3.8, 4) is 5.75 Å². The number of carbonyl (C=O) groups excluding carboxylic acids is 1. The second-order valence-electron chi connectivity index (χ2n) is 6.26. The van der Waals surface area contributed by atoms with Gasteiger partial charge >= 0.3 is 0 Å². The lowest BCUT2D eigenvalue weighted by Crippen LogP contribution is -2.46. The Bertz CT molecular complexity index is 484. The van der Waals surface area contributed by atoms with E-state index >= 15 is 0 Å². The highest BCUT2D eigenvalue weighted by atomic mass is 16.5. The SMILES string of the molecule is CCCO[C@@H]1C[C@@H](C(=O)NCCCOc2cccnc2)CC[C@H]1N. The molecule has 3 N–H and O–H groups in total. The molecule has 6 nitrogen and oxygen atoms in total. The van der Waals surface area contributed by atoms with Crippen molar-refractivity contribution in [2.45, 2.75) is 51.2 Å². The molecule has 134 valence electrons. The number of nitrogens with zero attached hydrogens (tertiary/aromatic N) is 1. The maximum absolute atomic E-state index is 12.3. The fourth-order valence-corrected chi connectivity index (χ4v) is 2.90. The third-order valence-corrected chi connectivity index (χ3v) is 4.27. The molecule has 24 heavy (non-hydrogen) atoms. The first-order valence-electron chi connectivity index (χ1n) is 8.88. The second kappa shape index (κ2) is 10.3. The van der Waals surface area contributed by atoms with Gasteiger partial charge in [-0.1, -0.05) is 6.92 Å². The van der Waals surface area contributed by atoms with Gasteiger partial charge in [-0.3, -0.25) is 9.78 Å². The van der Waals surface area contributed by atoms with Crippen LogP contribution < -0.4 is 15.8 Å². The van der Waals surface area contributed by atoms with Crippen LogP contribution in [0.25, 0.3) is 0 Å². The zero-order valence-electron chi connectivity index (χ0n) is 14.4. The van der Waals surface area contributed by atoms with Gasteiger partial charge in [-0.2, -0.15) is 0 Å². The number of hydrogen-bond donors (Lipinski definition) is 2. The van der Waals surface area contributed by atoms with Crippen molar-refractivity contribution in [2.75, 3.05) is 19.8 Å². The van der Waals surface area contributed by atoms with Crippen molar-refractivity contribution in [1.82, 2.24) is 10.3 Å². The van der Waals surface area contributed by atoms with E-state index in [1.54, 1.807) is 12.4 Å². The van der Waals surface area contributed by atoms with Crippen LogP contribution in [0.3, 0.4) is 0 Å². The minimum atomic E-state index is 0.00311. The highest BCUT2D eigenvalue weighted by Gasteiger charge is 2.32. The number of pyridine rings is 1. The van der Waals surface area contributed by atoms with Crippen LogP contribution in [0.2, 0.25) is 0 Å². The summed E-state index contributed by atoms with van der Waals surface area (Å²) in [6, 6.07) is 3.75. The summed E-state index contributed by atoms with van der Waals surface area (Å²) in [6.45, 7) is 3.95. The average molecular weight is 335 g/mol. The van der Waals surface area contributed by atoms with Gasteiger partial charge in [-0.25, -0.2) is 0 Å². The van der Waals surface area contributed by atoms with Gasteiger partial charge in [0.1, 0.15) is 5.75 Å². The number of amides is 1. The third-order valence-electron chi connectivity index (χ3n) is 4.27. The fourth-order valence-electron chi connectivity index (χ4n) is 2.90. The number of ether oxygens (including phenoxy) is 2. The Balaban J connectivity index is 1.63. The number of nitrogens with two attached hydrogens (primary N) is 1. The second-order valence-corrected chi connectivity index (χ2v) is 6.26. The lowest BCUT2D eigenvalue weighted by atomic mass is 9.83. The van der Waals surface area contributed by atoms with Gasteiger partial charge in [0.05, 0.1) is 18.9 Å². The Hall–Kier alpha value is -1.66. The molecule has 0 saturated heterocycles. The highest BCUT2D eigenvalue weighted by Crippen LogP contribution is 2.26. The van der Waals surface area contributed by atoms with Gasteiger partial charge in [-0.15, -0.1) is 0 Å². The molecule has 1 aliphatic carbocycles. The zero-order valence-corrected chi connectivity index (χ0v) is 14.4. The molecule has 6 heteroatoms. The summed E-state index contributed by atoms with van der Waals surface area (Å²) in [7, 11) is 0.